The monoisotopic (exact) mass is 303 g/mol. The molecular weight excluding hydrogens is 282 g/mol. The van der Waals surface area contributed by atoms with Crippen molar-refractivity contribution in [1.29, 1.82) is 0 Å². The van der Waals surface area contributed by atoms with Crippen LogP contribution in [0, 0.1) is 0 Å². The van der Waals surface area contributed by atoms with Gasteiger partial charge in [0.05, 0.1) is 12.9 Å². The second kappa shape index (κ2) is 6.27. The molecule has 0 spiro atoms. The van der Waals surface area contributed by atoms with Crippen molar-refractivity contribution in [2.45, 2.75) is 31.8 Å². The van der Waals surface area contributed by atoms with E-state index in [1.54, 1.807) is 6.33 Å². The summed E-state index contributed by atoms with van der Waals surface area (Å²) in [4.78, 5) is 29.5. The Labute approximate surface area is 128 Å². The second-order valence-corrected chi connectivity index (χ2v) is 5.80. The van der Waals surface area contributed by atoms with E-state index < -0.39 is 0 Å². The van der Waals surface area contributed by atoms with Crippen LogP contribution in [0.1, 0.15) is 19.8 Å². The first-order valence-electron chi connectivity index (χ1n) is 7.51. The van der Waals surface area contributed by atoms with Crippen molar-refractivity contribution < 1.29 is 4.79 Å². The van der Waals surface area contributed by atoms with Gasteiger partial charge in [0, 0.05) is 19.1 Å². The normalized spacial score (nSPS) is 21.7. The standard InChI is InChI=1S/C14H21N7O/c1-9-5-10(3-4-15-9)20-11(22)6-21(2)14-12-13(17-7-16-12)18-8-19-14/h7-10,15H,3-6H2,1-2H3,(H,20,22)(H,16,17,18,19). The van der Waals surface area contributed by atoms with Crippen LogP contribution >= 0.6 is 0 Å². The van der Waals surface area contributed by atoms with E-state index in [1.165, 1.54) is 6.33 Å². The van der Waals surface area contributed by atoms with E-state index in [9.17, 15) is 4.79 Å². The minimum absolute atomic E-state index is 0.00729. The molecule has 8 heteroatoms. The van der Waals surface area contributed by atoms with Gasteiger partial charge in [-0.05, 0) is 26.3 Å². The van der Waals surface area contributed by atoms with E-state index in [1.807, 2.05) is 11.9 Å². The summed E-state index contributed by atoms with van der Waals surface area (Å²) in [5, 5.41) is 6.48. The SMILES string of the molecule is CC1CC(NC(=O)CN(C)c2ncnc3nc[nH]c23)CCN1. The molecule has 0 aromatic carbocycles. The Hall–Kier alpha value is -2.22. The van der Waals surface area contributed by atoms with Gasteiger partial charge in [-0.2, -0.15) is 0 Å². The Kier molecular flexibility index (Phi) is 4.19. The molecule has 1 saturated heterocycles. The number of aromatic nitrogens is 4. The van der Waals surface area contributed by atoms with Gasteiger partial charge >= 0.3 is 0 Å². The molecule has 22 heavy (non-hydrogen) atoms. The maximum atomic E-state index is 12.2. The van der Waals surface area contributed by atoms with E-state index in [-0.39, 0.29) is 18.5 Å². The van der Waals surface area contributed by atoms with Crippen LogP contribution < -0.4 is 15.5 Å². The fourth-order valence-corrected chi connectivity index (χ4v) is 2.87. The van der Waals surface area contributed by atoms with Crippen LogP contribution in [-0.2, 0) is 4.79 Å². The average molecular weight is 303 g/mol. The van der Waals surface area contributed by atoms with Crippen LogP contribution in [0.3, 0.4) is 0 Å². The lowest BCUT2D eigenvalue weighted by molar-refractivity contribution is -0.120. The van der Waals surface area contributed by atoms with Gasteiger partial charge in [0.15, 0.2) is 11.5 Å². The van der Waals surface area contributed by atoms with Crippen molar-refractivity contribution >= 4 is 22.9 Å². The predicted octanol–water partition coefficient (Wildman–Crippen LogP) is 0.0458. The summed E-state index contributed by atoms with van der Waals surface area (Å²) in [5.41, 5.74) is 1.35. The zero-order valence-corrected chi connectivity index (χ0v) is 12.8. The number of anilines is 1. The highest BCUT2D eigenvalue weighted by molar-refractivity contribution is 5.87. The quantitative estimate of drug-likeness (QED) is 0.738. The maximum Gasteiger partial charge on any atom is 0.239 e. The van der Waals surface area contributed by atoms with Crippen molar-refractivity contribution in [2.24, 2.45) is 0 Å². The third-order valence-electron chi connectivity index (χ3n) is 3.93. The number of carbonyl (C=O) groups is 1. The summed E-state index contributed by atoms with van der Waals surface area (Å²) in [6.07, 6.45) is 4.97. The molecule has 1 aliphatic rings. The van der Waals surface area contributed by atoms with Crippen LogP contribution in [0.2, 0.25) is 0 Å². The predicted molar refractivity (Wildman–Crippen MR) is 83.6 cm³/mol. The number of fused-ring (bicyclic) bond motifs is 1. The second-order valence-electron chi connectivity index (χ2n) is 5.80. The number of aromatic amines is 1. The molecule has 1 amide bonds. The highest BCUT2D eigenvalue weighted by atomic mass is 16.2. The van der Waals surface area contributed by atoms with Crippen LogP contribution in [0.15, 0.2) is 12.7 Å². The fraction of sp³-hybridized carbons (Fsp3) is 0.571. The van der Waals surface area contributed by atoms with Gasteiger partial charge in [0.2, 0.25) is 5.91 Å². The number of imidazole rings is 1. The summed E-state index contributed by atoms with van der Waals surface area (Å²) in [6, 6.07) is 0.693. The first-order valence-corrected chi connectivity index (χ1v) is 7.51. The molecule has 3 heterocycles. The third-order valence-corrected chi connectivity index (χ3v) is 3.93. The van der Waals surface area contributed by atoms with Gasteiger partial charge < -0.3 is 20.5 Å². The molecule has 2 atom stereocenters. The molecule has 3 N–H and O–H groups in total. The number of piperidine rings is 1. The van der Waals surface area contributed by atoms with Crippen LogP contribution in [-0.4, -0.2) is 58.1 Å². The summed E-state index contributed by atoms with van der Waals surface area (Å²) in [5.74, 6) is 0.684. The molecule has 2 aromatic rings. The number of H-pyrrole nitrogens is 1. The number of rotatable bonds is 4. The summed E-state index contributed by atoms with van der Waals surface area (Å²) in [7, 11) is 1.84. The number of carbonyl (C=O) groups excluding carboxylic acids is 1. The topological polar surface area (TPSA) is 98.8 Å². The van der Waals surface area contributed by atoms with Crippen molar-refractivity contribution in [3.63, 3.8) is 0 Å². The molecule has 8 nitrogen and oxygen atoms in total. The molecule has 0 aliphatic carbocycles. The molecule has 118 valence electrons. The minimum Gasteiger partial charge on any atom is -0.352 e. The lowest BCUT2D eigenvalue weighted by Gasteiger charge is -2.29. The van der Waals surface area contributed by atoms with E-state index in [2.05, 4.69) is 37.5 Å². The number of likely N-dealkylation sites (N-methyl/N-ethyl adjacent to an activating group) is 1. The molecular formula is C14H21N7O. The molecule has 0 bridgehead atoms. The van der Waals surface area contributed by atoms with E-state index in [4.69, 9.17) is 0 Å². The number of hydrogen-bond donors (Lipinski definition) is 3. The molecule has 0 radical (unpaired) electrons. The molecule has 2 unspecified atom stereocenters. The molecule has 0 saturated carbocycles. The average Bonchev–Trinajstić information content (AvgIpc) is 2.95. The van der Waals surface area contributed by atoms with Crippen molar-refractivity contribution in [1.82, 2.24) is 30.6 Å². The van der Waals surface area contributed by atoms with E-state index in [0.29, 0.717) is 17.5 Å². The molecule has 2 aromatic heterocycles. The zero-order chi connectivity index (χ0) is 15.5. The summed E-state index contributed by atoms with van der Waals surface area (Å²) in [6.45, 7) is 3.34. The van der Waals surface area contributed by atoms with E-state index >= 15 is 0 Å². The van der Waals surface area contributed by atoms with Crippen LogP contribution in [0.4, 0.5) is 5.82 Å². The molecule has 3 rings (SSSR count). The highest BCUT2D eigenvalue weighted by Crippen LogP contribution is 2.17. The summed E-state index contributed by atoms with van der Waals surface area (Å²) < 4.78 is 0. The first-order chi connectivity index (χ1) is 10.6. The van der Waals surface area contributed by atoms with Gasteiger partial charge in [0.1, 0.15) is 11.8 Å². The zero-order valence-electron chi connectivity index (χ0n) is 12.8. The Bertz CT molecular complexity index is 655. The largest absolute Gasteiger partial charge is 0.352 e. The molecule has 1 fully saturated rings. The van der Waals surface area contributed by atoms with Gasteiger partial charge in [-0.3, -0.25) is 4.79 Å². The number of nitrogens with one attached hydrogen (secondary N) is 3. The Morgan fingerprint density at radius 1 is 1.45 bits per heavy atom. The van der Waals surface area contributed by atoms with Gasteiger partial charge in [0.25, 0.3) is 0 Å². The first kappa shape index (κ1) is 14.7. The highest BCUT2D eigenvalue weighted by Gasteiger charge is 2.21. The Balaban J connectivity index is 1.62. The van der Waals surface area contributed by atoms with Crippen molar-refractivity contribution in [2.75, 3.05) is 25.0 Å². The molecule has 1 aliphatic heterocycles. The van der Waals surface area contributed by atoms with Crippen molar-refractivity contribution in [3.8, 4) is 0 Å². The number of hydrogen-bond acceptors (Lipinski definition) is 6. The van der Waals surface area contributed by atoms with Crippen molar-refractivity contribution in [3.05, 3.63) is 12.7 Å². The fourth-order valence-electron chi connectivity index (χ4n) is 2.87. The third kappa shape index (κ3) is 3.16. The lowest BCUT2D eigenvalue weighted by atomic mass is 10.0. The van der Waals surface area contributed by atoms with E-state index in [0.717, 1.165) is 24.9 Å². The maximum absolute atomic E-state index is 12.2. The smallest absolute Gasteiger partial charge is 0.239 e. The lowest BCUT2D eigenvalue weighted by Crippen LogP contribution is -2.48. The summed E-state index contributed by atoms with van der Waals surface area (Å²) >= 11 is 0. The van der Waals surface area contributed by atoms with Gasteiger partial charge in [-0.25, -0.2) is 15.0 Å². The van der Waals surface area contributed by atoms with Crippen LogP contribution in [0.5, 0.6) is 0 Å². The minimum atomic E-state index is 0.00729. The van der Waals surface area contributed by atoms with Gasteiger partial charge in [-0.15, -0.1) is 0 Å². The van der Waals surface area contributed by atoms with Gasteiger partial charge in [-0.1, -0.05) is 0 Å². The number of nitrogens with zero attached hydrogens (tertiary/aromatic N) is 4. The Morgan fingerprint density at radius 3 is 3.14 bits per heavy atom. The Morgan fingerprint density at radius 2 is 2.32 bits per heavy atom. The number of amides is 1. The van der Waals surface area contributed by atoms with Crippen LogP contribution in [0.25, 0.3) is 11.2 Å².